The maximum Gasteiger partial charge on any atom is 0.272 e. The third-order valence-electron chi connectivity index (χ3n) is 4.33. The highest BCUT2D eigenvalue weighted by Gasteiger charge is 2.17. The maximum atomic E-state index is 12.2. The van der Waals surface area contributed by atoms with Gasteiger partial charge < -0.3 is 10.1 Å². The van der Waals surface area contributed by atoms with Gasteiger partial charge in [-0.1, -0.05) is 19.9 Å². The van der Waals surface area contributed by atoms with E-state index in [1.807, 2.05) is 18.2 Å². The highest BCUT2D eigenvalue weighted by molar-refractivity contribution is 5.92. The average molecular weight is 342 g/mol. The van der Waals surface area contributed by atoms with Crippen molar-refractivity contribution in [2.24, 2.45) is 5.92 Å². The molecule has 1 saturated carbocycles. The molecule has 2 aromatic heterocycles. The normalized spacial score (nSPS) is 14.8. The van der Waals surface area contributed by atoms with Crippen molar-refractivity contribution in [2.75, 3.05) is 0 Å². The Labute approximate surface area is 148 Å². The van der Waals surface area contributed by atoms with Gasteiger partial charge in [0.1, 0.15) is 11.8 Å². The molecule has 3 rings (SSSR count). The van der Waals surface area contributed by atoms with E-state index in [-0.39, 0.29) is 5.91 Å². The van der Waals surface area contributed by atoms with Crippen LogP contribution in [-0.4, -0.2) is 27.2 Å². The minimum atomic E-state index is -0.183. The number of carbonyl (C=O) groups is 1. The second-order valence-electron chi connectivity index (χ2n) is 7.09. The van der Waals surface area contributed by atoms with Crippen molar-refractivity contribution in [3.63, 3.8) is 0 Å². The summed E-state index contributed by atoms with van der Waals surface area (Å²) in [5.41, 5.74) is 2.34. The number of rotatable bonds is 7. The Morgan fingerprint density at radius 1 is 1.36 bits per heavy atom. The van der Waals surface area contributed by atoms with Crippen LogP contribution in [0.25, 0.3) is 0 Å². The van der Waals surface area contributed by atoms with E-state index in [2.05, 4.69) is 34.3 Å². The van der Waals surface area contributed by atoms with Crippen LogP contribution >= 0.6 is 0 Å². The molecule has 0 spiro atoms. The van der Waals surface area contributed by atoms with Crippen molar-refractivity contribution in [1.82, 2.24) is 20.5 Å². The summed E-state index contributed by atoms with van der Waals surface area (Å²) >= 11 is 0. The van der Waals surface area contributed by atoms with Gasteiger partial charge in [0.2, 0.25) is 5.88 Å². The van der Waals surface area contributed by atoms with Crippen molar-refractivity contribution in [1.29, 1.82) is 0 Å². The van der Waals surface area contributed by atoms with Crippen LogP contribution in [0, 0.1) is 5.92 Å². The van der Waals surface area contributed by atoms with E-state index in [0.717, 1.165) is 30.5 Å². The first kappa shape index (κ1) is 17.5. The van der Waals surface area contributed by atoms with Gasteiger partial charge in [-0.15, -0.1) is 0 Å². The zero-order valence-electron chi connectivity index (χ0n) is 14.9. The Balaban J connectivity index is 1.49. The summed E-state index contributed by atoms with van der Waals surface area (Å²) in [6.07, 6.45) is 7.63. The second kappa shape index (κ2) is 8.14. The molecule has 0 radical (unpaired) electrons. The summed E-state index contributed by atoms with van der Waals surface area (Å²) in [4.78, 5) is 16.5. The molecule has 0 atom stereocenters. The van der Waals surface area contributed by atoms with E-state index in [1.54, 1.807) is 6.20 Å². The zero-order valence-corrected chi connectivity index (χ0v) is 14.9. The van der Waals surface area contributed by atoms with Crippen LogP contribution in [-0.2, 0) is 13.0 Å². The fraction of sp³-hybridized carbons (Fsp3) is 0.526. The minimum absolute atomic E-state index is 0.183. The average Bonchev–Trinajstić information content (AvgIpc) is 3.25. The van der Waals surface area contributed by atoms with Crippen LogP contribution in [0.5, 0.6) is 5.88 Å². The van der Waals surface area contributed by atoms with Crippen LogP contribution in [0.2, 0.25) is 0 Å². The lowest BCUT2D eigenvalue weighted by Crippen LogP contribution is -2.23. The van der Waals surface area contributed by atoms with Crippen LogP contribution in [0.15, 0.2) is 24.4 Å². The highest BCUT2D eigenvalue weighted by Crippen LogP contribution is 2.22. The fourth-order valence-electron chi connectivity index (χ4n) is 3.06. The second-order valence-corrected chi connectivity index (χ2v) is 7.09. The Bertz CT molecular complexity index is 688. The number of hydrogen-bond acceptors (Lipinski definition) is 4. The molecule has 6 heteroatoms. The molecule has 2 N–H and O–H groups in total. The quantitative estimate of drug-likeness (QED) is 0.809. The molecule has 1 aliphatic carbocycles. The van der Waals surface area contributed by atoms with Gasteiger partial charge >= 0.3 is 0 Å². The summed E-state index contributed by atoms with van der Waals surface area (Å²) in [7, 11) is 0. The molecule has 0 unspecified atom stereocenters. The number of aromatic amines is 1. The molecule has 1 aliphatic rings. The number of H-pyrrole nitrogens is 1. The van der Waals surface area contributed by atoms with Gasteiger partial charge in [-0.2, -0.15) is 5.10 Å². The van der Waals surface area contributed by atoms with E-state index >= 15 is 0 Å². The van der Waals surface area contributed by atoms with Crippen molar-refractivity contribution in [2.45, 2.75) is 58.6 Å². The van der Waals surface area contributed by atoms with Gasteiger partial charge in [0.25, 0.3) is 5.91 Å². The standard InChI is InChI=1S/C19H26N4O2/c1-13(2)9-15-10-17(23-22-15)19(24)21-12-14-7-8-18(20-11-14)25-16-5-3-4-6-16/h7-8,10-11,13,16H,3-6,9,12H2,1-2H3,(H,21,24)(H,22,23). The van der Waals surface area contributed by atoms with Crippen molar-refractivity contribution >= 4 is 5.91 Å². The first-order valence-corrected chi connectivity index (χ1v) is 9.04. The topological polar surface area (TPSA) is 79.9 Å². The fourth-order valence-corrected chi connectivity index (χ4v) is 3.06. The molecule has 0 aliphatic heterocycles. The number of amides is 1. The number of hydrogen-bond donors (Lipinski definition) is 2. The predicted molar refractivity (Wildman–Crippen MR) is 95.4 cm³/mol. The first-order chi connectivity index (χ1) is 12.1. The Kier molecular flexibility index (Phi) is 5.68. The highest BCUT2D eigenvalue weighted by atomic mass is 16.5. The van der Waals surface area contributed by atoms with Crippen LogP contribution in [0.1, 0.15) is 61.3 Å². The predicted octanol–water partition coefficient (Wildman–Crippen LogP) is 3.25. The monoisotopic (exact) mass is 342 g/mol. The molecular formula is C19H26N4O2. The lowest BCUT2D eigenvalue weighted by molar-refractivity contribution is 0.0946. The molecule has 0 aromatic carbocycles. The molecule has 0 saturated heterocycles. The van der Waals surface area contributed by atoms with Gasteiger partial charge in [-0.3, -0.25) is 9.89 Å². The molecule has 25 heavy (non-hydrogen) atoms. The third-order valence-corrected chi connectivity index (χ3v) is 4.33. The van der Waals surface area contributed by atoms with Crippen molar-refractivity contribution < 1.29 is 9.53 Å². The van der Waals surface area contributed by atoms with Crippen LogP contribution in [0.3, 0.4) is 0 Å². The van der Waals surface area contributed by atoms with Crippen LogP contribution in [0.4, 0.5) is 0 Å². The largest absolute Gasteiger partial charge is 0.474 e. The van der Waals surface area contributed by atoms with Gasteiger partial charge in [-0.05, 0) is 49.7 Å². The van der Waals surface area contributed by atoms with E-state index in [4.69, 9.17) is 4.74 Å². The summed E-state index contributed by atoms with van der Waals surface area (Å²) in [6.45, 7) is 4.68. The number of aromatic nitrogens is 3. The van der Waals surface area contributed by atoms with Crippen molar-refractivity contribution in [3.05, 3.63) is 41.3 Å². The number of nitrogens with zero attached hydrogens (tertiary/aromatic N) is 2. The summed E-state index contributed by atoms with van der Waals surface area (Å²) in [6, 6.07) is 5.62. The smallest absolute Gasteiger partial charge is 0.272 e. The van der Waals surface area contributed by atoms with E-state index in [9.17, 15) is 4.79 Å². The van der Waals surface area contributed by atoms with Crippen molar-refractivity contribution in [3.8, 4) is 5.88 Å². The molecule has 1 fully saturated rings. The van der Waals surface area contributed by atoms with E-state index in [0.29, 0.717) is 30.1 Å². The Morgan fingerprint density at radius 3 is 2.84 bits per heavy atom. The van der Waals surface area contributed by atoms with E-state index in [1.165, 1.54) is 12.8 Å². The number of nitrogens with one attached hydrogen (secondary N) is 2. The summed E-state index contributed by atoms with van der Waals surface area (Å²) < 4.78 is 5.85. The third kappa shape index (κ3) is 5.05. The summed E-state index contributed by atoms with van der Waals surface area (Å²) in [5.74, 6) is 0.998. The van der Waals surface area contributed by atoms with Crippen LogP contribution < -0.4 is 10.1 Å². The van der Waals surface area contributed by atoms with Gasteiger partial charge in [0.05, 0.1) is 0 Å². The Morgan fingerprint density at radius 2 is 2.16 bits per heavy atom. The van der Waals surface area contributed by atoms with E-state index < -0.39 is 0 Å². The number of ether oxygens (including phenoxy) is 1. The summed E-state index contributed by atoms with van der Waals surface area (Å²) in [5, 5.41) is 9.87. The molecule has 134 valence electrons. The zero-order chi connectivity index (χ0) is 17.6. The lowest BCUT2D eigenvalue weighted by atomic mass is 10.1. The molecule has 2 heterocycles. The van der Waals surface area contributed by atoms with Gasteiger partial charge in [-0.25, -0.2) is 4.98 Å². The molecule has 1 amide bonds. The number of carbonyl (C=O) groups excluding carboxylic acids is 1. The van der Waals surface area contributed by atoms with Gasteiger partial charge in [0, 0.05) is 24.5 Å². The Hall–Kier alpha value is -2.37. The first-order valence-electron chi connectivity index (χ1n) is 9.04. The minimum Gasteiger partial charge on any atom is -0.474 e. The maximum absolute atomic E-state index is 12.2. The lowest BCUT2D eigenvalue weighted by Gasteiger charge is -2.12. The molecule has 0 bridgehead atoms. The van der Waals surface area contributed by atoms with Gasteiger partial charge in [0.15, 0.2) is 0 Å². The number of pyridine rings is 1. The SMILES string of the molecule is CC(C)Cc1cc(C(=O)NCc2ccc(OC3CCCC3)nc2)n[nH]1. The molecule has 6 nitrogen and oxygen atoms in total. The molecular weight excluding hydrogens is 316 g/mol. The molecule has 2 aromatic rings.